The highest BCUT2D eigenvalue weighted by atomic mass is 35.5. The molecule has 4 aromatic rings. The molecule has 35 heavy (non-hydrogen) atoms. The molecule has 5 rings (SSSR count). The molecule has 0 radical (unpaired) electrons. The number of rotatable bonds is 3. The molecule has 2 heterocycles. The minimum Gasteiger partial charge on any atom is -0.334 e. The summed E-state index contributed by atoms with van der Waals surface area (Å²) in [6, 6.07) is 21.2. The van der Waals surface area contributed by atoms with Crippen molar-refractivity contribution < 1.29 is 18.0 Å². The molecule has 0 N–H and O–H groups in total. The number of alkyl halides is 3. The Kier molecular flexibility index (Phi) is 6.03. The molecule has 4 nitrogen and oxygen atoms in total. The molecule has 0 saturated heterocycles. The number of benzene rings is 3. The minimum atomic E-state index is -4.45. The third-order valence-corrected chi connectivity index (χ3v) is 6.21. The average Bonchev–Trinajstić information content (AvgIpc) is 2.88. The Morgan fingerprint density at radius 1 is 0.857 bits per heavy atom. The van der Waals surface area contributed by atoms with Crippen LogP contribution >= 0.6 is 11.6 Å². The highest BCUT2D eigenvalue weighted by Gasteiger charge is 2.31. The van der Waals surface area contributed by atoms with E-state index in [0.717, 1.165) is 34.5 Å². The van der Waals surface area contributed by atoms with E-state index >= 15 is 0 Å². The average molecular weight is 494 g/mol. The zero-order valence-corrected chi connectivity index (χ0v) is 19.1. The van der Waals surface area contributed by atoms with Gasteiger partial charge in [0, 0.05) is 46.8 Å². The van der Waals surface area contributed by atoms with Gasteiger partial charge in [-0.2, -0.15) is 13.2 Å². The first-order chi connectivity index (χ1) is 16.8. The van der Waals surface area contributed by atoms with Gasteiger partial charge < -0.3 is 4.90 Å². The summed E-state index contributed by atoms with van der Waals surface area (Å²) in [7, 11) is 0. The standard InChI is InChI=1S/C27H19ClF3N3O/c28-21-12-8-17(9-13-21)24-22-16-34(26(35)19-6-10-20(11-7-19)27(29,30)31)15-14-23(22)32-25(33-24)18-4-2-1-3-5-18/h1-13H,14-16H2. The lowest BCUT2D eigenvalue weighted by atomic mass is 9.98. The summed E-state index contributed by atoms with van der Waals surface area (Å²) in [5.74, 6) is 0.260. The second-order valence-corrected chi connectivity index (χ2v) is 8.68. The molecule has 0 saturated carbocycles. The Balaban J connectivity index is 1.51. The van der Waals surface area contributed by atoms with E-state index in [1.807, 2.05) is 42.5 Å². The van der Waals surface area contributed by atoms with Gasteiger partial charge >= 0.3 is 6.18 Å². The van der Waals surface area contributed by atoms with Crippen molar-refractivity contribution in [3.05, 3.63) is 106 Å². The fraction of sp³-hybridized carbons (Fsp3) is 0.148. The summed E-state index contributed by atoms with van der Waals surface area (Å²) in [5.41, 5.74) is 3.51. The van der Waals surface area contributed by atoms with Crippen LogP contribution in [0.4, 0.5) is 13.2 Å². The number of nitrogens with zero attached hydrogens (tertiary/aromatic N) is 3. The van der Waals surface area contributed by atoms with Gasteiger partial charge in [0.15, 0.2) is 5.82 Å². The van der Waals surface area contributed by atoms with E-state index < -0.39 is 11.7 Å². The van der Waals surface area contributed by atoms with E-state index in [1.165, 1.54) is 12.1 Å². The van der Waals surface area contributed by atoms with Crippen LogP contribution in [0, 0.1) is 0 Å². The zero-order valence-electron chi connectivity index (χ0n) is 18.4. The van der Waals surface area contributed by atoms with Crippen molar-refractivity contribution in [1.29, 1.82) is 0 Å². The fourth-order valence-electron chi connectivity index (χ4n) is 4.13. The quantitative estimate of drug-likeness (QED) is 0.320. The van der Waals surface area contributed by atoms with Crippen LogP contribution in [-0.4, -0.2) is 27.3 Å². The Hall–Kier alpha value is -3.71. The molecule has 3 aromatic carbocycles. The minimum absolute atomic E-state index is 0.205. The normalized spacial score (nSPS) is 13.4. The van der Waals surface area contributed by atoms with Crippen molar-refractivity contribution in [2.45, 2.75) is 19.1 Å². The van der Waals surface area contributed by atoms with E-state index in [4.69, 9.17) is 21.6 Å². The monoisotopic (exact) mass is 493 g/mol. The van der Waals surface area contributed by atoms with Crippen molar-refractivity contribution in [3.8, 4) is 22.6 Å². The smallest absolute Gasteiger partial charge is 0.334 e. The third kappa shape index (κ3) is 4.77. The Morgan fingerprint density at radius 2 is 1.54 bits per heavy atom. The maximum Gasteiger partial charge on any atom is 0.416 e. The summed E-state index contributed by atoms with van der Waals surface area (Å²) in [6.07, 6.45) is -3.95. The van der Waals surface area contributed by atoms with Crippen LogP contribution < -0.4 is 0 Å². The molecule has 0 fully saturated rings. The molecule has 0 aliphatic carbocycles. The molecule has 0 atom stereocenters. The summed E-state index contributed by atoms with van der Waals surface area (Å²) in [5, 5.41) is 0.596. The van der Waals surface area contributed by atoms with E-state index in [2.05, 4.69) is 0 Å². The fourth-order valence-corrected chi connectivity index (χ4v) is 4.26. The Labute approximate surface area is 205 Å². The maximum absolute atomic E-state index is 13.1. The van der Waals surface area contributed by atoms with Crippen LogP contribution in [-0.2, 0) is 19.1 Å². The van der Waals surface area contributed by atoms with E-state index in [-0.39, 0.29) is 18.0 Å². The number of hydrogen-bond donors (Lipinski definition) is 0. The van der Waals surface area contributed by atoms with E-state index in [0.29, 0.717) is 29.5 Å². The van der Waals surface area contributed by atoms with Gasteiger partial charge in [0.1, 0.15) is 0 Å². The van der Waals surface area contributed by atoms with Crippen LogP contribution in [0.1, 0.15) is 27.2 Å². The third-order valence-electron chi connectivity index (χ3n) is 5.96. The summed E-state index contributed by atoms with van der Waals surface area (Å²) >= 11 is 6.09. The number of carbonyl (C=O) groups excluding carboxylic acids is 1. The first-order valence-corrected chi connectivity index (χ1v) is 11.3. The number of hydrogen-bond acceptors (Lipinski definition) is 3. The summed E-state index contributed by atoms with van der Waals surface area (Å²) in [4.78, 5) is 24.4. The zero-order chi connectivity index (χ0) is 24.6. The number of fused-ring (bicyclic) bond motifs is 1. The number of carbonyl (C=O) groups is 1. The van der Waals surface area contributed by atoms with E-state index in [9.17, 15) is 18.0 Å². The highest BCUT2D eigenvalue weighted by molar-refractivity contribution is 6.30. The molecule has 1 aliphatic heterocycles. The predicted octanol–water partition coefficient (Wildman–Crippen LogP) is 6.68. The molecule has 0 bridgehead atoms. The van der Waals surface area contributed by atoms with Gasteiger partial charge in [-0.25, -0.2) is 9.97 Å². The predicted molar refractivity (Wildman–Crippen MR) is 128 cm³/mol. The van der Waals surface area contributed by atoms with E-state index in [1.54, 1.807) is 17.0 Å². The highest BCUT2D eigenvalue weighted by Crippen LogP contribution is 2.33. The van der Waals surface area contributed by atoms with Crippen molar-refractivity contribution in [2.24, 2.45) is 0 Å². The second-order valence-electron chi connectivity index (χ2n) is 8.25. The van der Waals surface area contributed by atoms with Gasteiger partial charge in [-0.3, -0.25) is 4.79 Å². The van der Waals surface area contributed by atoms with Gasteiger partial charge in [0.2, 0.25) is 0 Å². The van der Waals surface area contributed by atoms with Crippen molar-refractivity contribution in [1.82, 2.24) is 14.9 Å². The van der Waals surface area contributed by atoms with Crippen LogP contribution in [0.25, 0.3) is 22.6 Å². The molecule has 1 aromatic heterocycles. The lowest BCUT2D eigenvalue weighted by molar-refractivity contribution is -0.137. The van der Waals surface area contributed by atoms with Crippen LogP contribution in [0.2, 0.25) is 5.02 Å². The second kappa shape index (κ2) is 9.15. The first-order valence-electron chi connectivity index (χ1n) is 11.0. The Morgan fingerprint density at radius 3 is 2.20 bits per heavy atom. The van der Waals surface area contributed by atoms with Gasteiger partial charge in [-0.15, -0.1) is 0 Å². The number of amides is 1. The molecule has 176 valence electrons. The van der Waals surface area contributed by atoms with Gasteiger partial charge in [0.05, 0.1) is 17.0 Å². The SMILES string of the molecule is O=C(c1ccc(C(F)(F)F)cc1)N1CCc2nc(-c3ccccc3)nc(-c3ccc(Cl)cc3)c2C1. The molecular formula is C27H19ClF3N3O. The molecule has 8 heteroatoms. The van der Waals surface area contributed by atoms with Crippen molar-refractivity contribution in [3.63, 3.8) is 0 Å². The number of halogens is 4. The molecule has 1 amide bonds. The van der Waals surface area contributed by atoms with Crippen LogP contribution in [0.3, 0.4) is 0 Å². The Bertz CT molecular complexity index is 1370. The first kappa shape index (κ1) is 23.1. The maximum atomic E-state index is 13.1. The largest absolute Gasteiger partial charge is 0.416 e. The molecule has 0 spiro atoms. The van der Waals surface area contributed by atoms with Crippen LogP contribution in [0.15, 0.2) is 78.9 Å². The van der Waals surface area contributed by atoms with Gasteiger partial charge in [-0.05, 0) is 36.4 Å². The van der Waals surface area contributed by atoms with Gasteiger partial charge in [0.25, 0.3) is 5.91 Å². The summed E-state index contributed by atoms with van der Waals surface area (Å²) in [6.45, 7) is 0.653. The number of aromatic nitrogens is 2. The van der Waals surface area contributed by atoms with Crippen molar-refractivity contribution in [2.75, 3.05) is 6.54 Å². The molecule has 0 unspecified atom stereocenters. The topological polar surface area (TPSA) is 46.1 Å². The summed E-state index contributed by atoms with van der Waals surface area (Å²) < 4.78 is 38.7. The van der Waals surface area contributed by atoms with Crippen LogP contribution in [0.5, 0.6) is 0 Å². The molecule has 1 aliphatic rings. The van der Waals surface area contributed by atoms with Crippen molar-refractivity contribution >= 4 is 17.5 Å². The van der Waals surface area contributed by atoms with Gasteiger partial charge in [-0.1, -0.05) is 54.1 Å². The lowest BCUT2D eigenvalue weighted by Crippen LogP contribution is -2.37. The lowest BCUT2D eigenvalue weighted by Gasteiger charge is -2.30. The molecular weight excluding hydrogens is 475 g/mol.